The van der Waals surface area contributed by atoms with Gasteiger partial charge in [0.1, 0.15) is 6.10 Å². The predicted octanol–water partition coefficient (Wildman–Crippen LogP) is 0.607. The van der Waals surface area contributed by atoms with Crippen LogP contribution in [0.15, 0.2) is 0 Å². The number of rotatable bonds is 2. The number of carbonyl (C=O) groups is 2. The van der Waals surface area contributed by atoms with Crippen LogP contribution in [0.5, 0.6) is 0 Å². The van der Waals surface area contributed by atoms with Crippen molar-refractivity contribution in [2.24, 2.45) is 0 Å². The lowest BCUT2D eigenvalue weighted by Crippen LogP contribution is -2.40. The second-order valence-electron chi connectivity index (χ2n) is 3.39. The van der Waals surface area contributed by atoms with Gasteiger partial charge in [-0.15, -0.1) is 0 Å². The van der Waals surface area contributed by atoms with E-state index in [9.17, 15) is 9.59 Å². The van der Waals surface area contributed by atoms with Crippen LogP contribution in [0.4, 0.5) is 0 Å². The van der Waals surface area contributed by atoms with Gasteiger partial charge in [-0.2, -0.15) is 0 Å². The van der Waals surface area contributed by atoms with E-state index in [1.807, 2.05) is 0 Å². The van der Waals surface area contributed by atoms with E-state index in [2.05, 4.69) is 5.32 Å². The van der Waals surface area contributed by atoms with Crippen LogP contribution in [0, 0.1) is 0 Å². The quantitative estimate of drug-likeness (QED) is 0.641. The Morgan fingerprint density at radius 1 is 1.31 bits per heavy atom. The second kappa shape index (κ2) is 4.25. The normalized spacial score (nSPS) is 26.9. The average molecular weight is 185 g/mol. The van der Waals surface area contributed by atoms with Crippen LogP contribution in [0.1, 0.15) is 33.1 Å². The van der Waals surface area contributed by atoms with Crippen LogP contribution in [-0.2, 0) is 14.3 Å². The molecule has 2 atom stereocenters. The van der Waals surface area contributed by atoms with Gasteiger partial charge in [0.05, 0.1) is 6.04 Å². The van der Waals surface area contributed by atoms with E-state index in [0.29, 0.717) is 0 Å². The molecule has 0 aromatic heterocycles. The highest BCUT2D eigenvalue weighted by atomic mass is 16.5. The molecule has 1 aliphatic carbocycles. The summed E-state index contributed by atoms with van der Waals surface area (Å²) in [6.07, 6.45) is 2.63. The average Bonchev–Trinajstić information content (AvgIpc) is 2.34. The molecule has 1 fully saturated rings. The van der Waals surface area contributed by atoms with Crippen LogP contribution < -0.4 is 5.32 Å². The first-order valence-corrected chi connectivity index (χ1v) is 4.54. The molecule has 1 aliphatic rings. The van der Waals surface area contributed by atoms with Crippen LogP contribution in [-0.4, -0.2) is 24.0 Å². The molecule has 0 saturated heterocycles. The van der Waals surface area contributed by atoms with Gasteiger partial charge < -0.3 is 10.1 Å². The first kappa shape index (κ1) is 10.0. The van der Waals surface area contributed by atoms with E-state index in [0.717, 1.165) is 19.3 Å². The zero-order chi connectivity index (χ0) is 9.84. The van der Waals surface area contributed by atoms with Crippen LogP contribution in [0.25, 0.3) is 0 Å². The van der Waals surface area contributed by atoms with E-state index >= 15 is 0 Å². The van der Waals surface area contributed by atoms with Gasteiger partial charge in [-0.25, -0.2) is 0 Å². The summed E-state index contributed by atoms with van der Waals surface area (Å²) in [6, 6.07) is 0.0152. The summed E-state index contributed by atoms with van der Waals surface area (Å²) < 4.78 is 5.07. The Hall–Kier alpha value is -1.06. The van der Waals surface area contributed by atoms with E-state index in [-0.39, 0.29) is 24.0 Å². The first-order chi connectivity index (χ1) is 6.09. The molecule has 0 aromatic rings. The fraction of sp³-hybridized carbons (Fsp3) is 0.778. The molecule has 0 aliphatic heterocycles. The van der Waals surface area contributed by atoms with Crippen molar-refractivity contribution in [1.82, 2.24) is 5.32 Å². The van der Waals surface area contributed by atoms with Crippen molar-refractivity contribution < 1.29 is 14.3 Å². The molecule has 1 N–H and O–H groups in total. The molecule has 4 heteroatoms. The van der Waals surface area contributed by atoms with Gasteiger partial charge in [0.15, 0.2) is 0 Å². The van der Waals surface area contributed by atoms with Crippen LogP contribution in [0.3, 0.4) is 0 Å². The SMILES string of the molecule is CC(=O)N[C@H]1CCC[C@@H]1OC(C)=O. The van der Waals surface area contributed by atoms with Crippen LogP contribution >= 0.6 is 0 Å². The third-order valence-corrected chi connectivity index (χ3v) is 2.16. The molecule has 1 rings (SSSR count). The van der Waals surface area contributed by atoms with Crippen molar-refractivity contribution >= 4 is 11.9 Å². The van der Waals surface area contributed by atoms with Crippen molar-refractivity contribution in [3.8, 4) is 0 Å². The number of ether oxygens (including phenoxy) is 1. The van der Waals surface area contributed by atoms with Gasteiger partial charge in [0.25, 0.3) is 0 Å². The number of amides is 1. The van der Waals surface area contributed by atoms with E-state index in [1.54, 1.807) is 0 Å². The lowest BCUT2D eigenvalue weighted by Gasteiger charge is -2.19. The first-order valence-electron chi connectivity index (χ1n) is 4.54. The van der Waals surface area contributed by atoms with Crippen molar-refractivity contribution in [1.29, 1.82) is 0 Å². The van der Waals surface area contributed by atoms with Crippen molar-refractivity contribution in [2.45, 2.75) is 45.3 Å². The molecule has 0 radical (unpaired) electrons. The molecular formula is C9H15NO3. The maximum Gasteiger partial charge on any atom is 0.302 e. The molecule has 0 bridgehead atoms. The molecule has 4 nitrogen and oxygen atoms in total. The molecule has 1 saturated carbocycles. The van der Waals surface area contributed by atoms with E-state index < -0.39 is 0 Å². The molecule has 1 amide bonds. The van der Waals surface area contributed by atoms with Gasteiger partial charge in [-0.05, 0) is 19.3 Å². The number of hydrogen-bond acceptors (Lipinski definition) is 3. The molecule has 13 heavy (non-hydrogen) atoms. The lowest BCUT2D eigenvalue weighted by molar-refractivity contribution is -0.147. The Bertz CT molecular complexity index is 193. The zero-order valence-corrected chi connectivity index (χ0v) is 8.00. The Morgan fingerprint density at radius 2 is 2.00 bits per heavy atom. The Morgan fingerprint density at radius 3 is 2.54 bits per heavy atom. The van der Waals surface area contributed by atoms with Crippen LogP contribution in [0.2, 0.25) is 0 Å². The molecule has 0 spiro atoms. The summed E-state index contributed by atoms with van der Waals surface area (Å²) in [5.41, 5.74) is 0. The summed E-state index contributed by atoms with van der Waals surface area (Å²) in [6.45, 7) is 2.87. The molecule has 74 valence electrons. The maximum atomic E-state index is 10.8. The minimum absolute atomic E-state index is 0.0152. The minimum Gasteiger partial charge on any atom is -0.460 e. The number of esters is 1. The summed E-state index contributed by atoms with van der Waals surface area (Å²) in [5, 5.41) is 2.78. The highest BCUT2D eigenvalue weighted by Crippen LogP contribution is 2.22. The maximum absolute atomic E-state index is 10.8. The van der Waals surface area contributed by atoms with E-state index in [4.69, 9.17) is 4.74 Å². The van der Waals surface area contributed by atoms with Gasteiger partial charge in [-0.1, -0.05) is 0 Å². The number of hydrogen-bond donors (Lipinski definition) is 1. The number of carbonyl (C=O) groups excluding carboxylic acids is 2. The smallest absolute Gasteiger partial charge is 0.302 e. The van der Waals surface area contributed by atoms with Crippen molar-refractivity contribution in [3.63, 3.8) is 0 Å². The minimum atomic E-state index is -0.276. The zero-order valence-electron chi connectivity index (χ0n) is 8.00. The second-order valence-corrected chi connectivity index (χ2v) is 3.39. The fourth-order valence-electron chi connectivity index (χ4n) is 1.71. The Labute approximate surface area is 77.6 Å². The fourth-order valence-corrected chi connectivity index (χ4v) is 1.71. The summed E-state index contributed by atoms with van der Waals surface area (Å²) in [7, 11) is 0. The largest absolute Gasteiger partial charge is 0.460 e. The van der Waals surface area contributed by atoms with Crippen molar-refractivity contribution in [3.05, 3.63) is 0 Å². The highest BCUT2D eigenvalue weighted by Gasteiger charge is 2.29. The Kier molecular flexibility index (Phi) is 3.28. The summed E-state index contributed by atoms with van der Waals surface area (Å²) in [4.78, 5) is 21.5. The molecule has 0 heterocycles. The number of nitrogens with one attached hydrogen (secondary N) is 1. The van der Waals surface area contributed by atoms with E-state index in [1.165, 1.54) is 13.8 Å². The molecule has 0 aromatic carbocycles. The van der Waals surface area contributed by atoms with Gasteiger partial charge in [0.2, 0.25) is 5.91 Å². The molecular weight excluding hydrogens is 170 g/mol. The monoisotopic (exact) mass is 185 g/mol. The standard InChI is InChI=1S/C9H15NO3/c1-6(11)10-8-4-3-5-9(8)13-7(2)12/h8-9H,3-5H2,1-2H3,(H,10,11)/t8-,9-/m0/s1. The van der Waals surface area contributed by atoms with Gasteiger partial charge >= 0.3 is 5.97 Å². The third kappa shape index (κ3) is 3.05. The van der Waals surface area contributed by atoms with Crippen molar-refractivity contribution in [2.75, 3.05) is 0 Å². The lowest BCUT2D eigenvalue weighted by atomic mass is 10.2. The summed E-state index contributed by atoms with van der Waals surface area (Å²) >= 11 is 0. The van der Waals surface area contributed by atoms with Gasteiger partial charge in [0, 0.05) is 13.8 Å². The predicted molar refractivity (Wildman–Crippen MR) is 47.0 cm³/mol. The molecule has 0 unspecified atom stereocenters. The van der Waals surface area contributed by atoms with Gasteiger partial charge in [-0.3, -0.25) is 9.59 Å². The summed E-state index contributed by atoms with van der Waals surface area (Å²) in [5.74, 6) is -0.341. The third-order valence-electron chi connectivity index (χ3n) is 2.16. The Balaban J connectivity index is 2.43. The highest BCUT2D eigenvalue weighted by molar-refractivity contribution is 5.73. The topological polar surface area (TPSA) is 55.4 Å².